The van der Waals surface area contributed by atoms with Gasteiger partial charge in [0.2, 0.25) is 9.84 Å². The predicted octanol–water partition coefficient (Wildman–Crippen LogP) is 2.01. The van der Waals surface area contributed by atoms with Crippen molar-refractivity contribution in [2.24, 2.45) is 5.73 Å². The smallest absolute Gasteiger partial charge is 0.360 e. The third-order valence-electron chi connectivity index (χ3n) is 2.52. The molecule has 0 aromatic heterocycles. The summed E-state index contributed by atoms with van der Waals surface area (Å²) < 4.78 is 85.9. The Morgan fingerprint density at radius 2 is 1.76 bits per heavy atom. The number of benzene rings is 1. The molecule has 4 nitrogen and oxygen atoms in total. The topological polar surface area (TPSA) is 63.4 Å². The first-order valence-electron chi connectivity index (χ1n) is 5.72. The summed E-state index contributed by atoms with van der Waals surface area (Å²) in [6.45, 7) is -2.01. The van der Waals surface area contributed by atoms with Crippen molar-refractivity contribution in [2.75, 3.05) is 24.5 Å². The van der Waals surface area contributed by atoms with Gasteiger partial charge in [-0.25, -0.2) is 8.42 Å². The highest BCUT2D eigenvalue weighted by Crippen LogP contribution is 2.31. The van der Waals surface area contributed by atoms with Gasteiger partial charge in [-0.2, -0.15) is 22.0 Å². The van der Waals surface area contributed by atoms with E-state index in [4.69, 9.17) is 5.73 Å². The number of hydrogen-bond acceptors (Lipinski definition) is 4. The van der Waals surface area contributed by atoms with E-state index in [9.17, 15) is 30.4 Å². The highest BCUT2D eigenvalue weighted by Gasteiger charge is 2.35. The van der Waals surface area contributed by atoms with Gasteiger partial charge in [0.1, 0.15) is 6.54 Å². The highest BCUT2D eigenvalue weighted by atomic mass is 32.2. The summed E-state index contributed by atoms with van der Waals surface area (Å²) in [5.41, 5.74) is 4.75. The molecular weight excluding hydrogens is 319 g/mol. The monoisotopic (exact) mass is 332 g/mol. The fourth-order valence-corrected chi connectivity index (χ4v) is 2.66. The van der Waals surface area contributed by atoms with Crippen LogP contribution >= 0.6 is 0 Å². The lowest BCUT2D eigenvalue weighted by Gasteiger charge is -2.27. The molecule has 0 saturated carbocycles. The molecule has 0 aliphatic carbocycles. The number of nitrogens with two attached hydrogens (primary N) is 1. The minimum absolute atomic E-state index is 0.195. The zero-order valence-electron chi connectivity index (χ0n) is 10.6. The van der Waals surface area contributed by atoms with Gasteiger partial charge in [-0.3, -0.25) is 0 Å². The van der Waals surface area contributed by atoms with Crippen LogP contribution in [0.25, 0.3) is 0 Å². The molecule has 0 fully saturated rings. The predicted molar refractivity (Wildman–Crippen MR) is 67.0 cm³/mol. The van der Waals surface area contributed by atoms with Crippen LogP contribution in [0.1, 0.15) is 0 Å². The second kappa shape index (κ2) is 6.56. The van der Waals surface area contributed by atoms with Gasteiger partial charge in [-0.1, -0.05) is 12.1 Å². The van der Waals surface area contributed by atoms with E-state index < -0.39 is 38.9 Å². The Labute approximate surface area is 118 Å². The maximum absolute atomic E-state index is 12.6. The zero-order valence-corrected chi connectivity index (χ0v) is 11.5. The van der Waals surface area contributed by atoms with Crippen LogP contribution in [0.4, 0.5) is 27.6 Å². The molecule has 0 saturated heterocycles. The van der Waals surface area contributed by atoms with E-state index in [2.05, 4.69) is 0 Å². The van der Waals surface area contributed by atoms with Crippen LogP contribution < -0.4 is 10.6 Å². The molecule has 1 aromatic carbocycles. The van der Waals surface area contributed by atoms with E-state index in [1.807, 2.05) is 0 Å². The maximum atomic E-state index is 12.6. The van der Waals surface area contributed by atoms with Crippen molar-refractivity contribution in [1.82, 2.24) is 0 Å². The molecule has 0 bridgehead atoms. The summed E-state index contributed by atoms with van der Waals surface area (Å²) in [4.78, 5) is -0.229. The number of halogens is 5. The van der Waals surface area contributed by atoms with Crippen LogP contribution in [0.2, 0.25) is 0 Å². The van der Waals surface area contributed by atoms with Crippen molar-refractivity contribution in [3.05, 3.63) is 24.3 Å². The van der Waals surface area contributed by atoms with E-state index in [0.717, 1.165) is 18.2 Å². The summed E-state index contributed by atoms with van der Waals surface area (Å²) in [7, 11) is -5.01. The summed E-state index contributed by atoms with van der Waals surface area (Å²) in [5, 5.41) is 0. The summed E-state index contributed by atoms with van der Waals surface area (Å²) >= 11 is 0. The van der Waals surface area contributed by atoms with Gasteiger partial charge in [0.05, 0.1) is 10.6 Å². The van der Waals surface area contributed by atoms with Crippen LogP contribution in [0, 0.1) is 0 Å². The first kappa shape index (κ1) is 17.6. The highest BCUT2D eigenvalue weighted by molar-refractivity contribution is 7.91. The molecule has 0 amide bonds. The van der Waals surface area contributed by atoms with E-state index in [0.29, 0.717) is 4.90 Å². The number of anilines is 1. The van der Waals surface area contributed by atoms with E-state index in [-0.39, 0.29) is 13.1 Å². The standard InChI is InChI=1S/C11H13F5N2O2S/c12-10(13)21(19,20)9-4-2-1-3-8(9)18(6-5-17)7-11(14,15)16/h1-4,10H,5-7,17H2. The van der Waals surface area contributed by atoms with Crippen molar-refractivity contribution in [2.45, 2.75) is 16.8 Å². The van der Waals surface area contributed by atoms with Gasteiger partial charge in [0, 0.05) is 13.1 Å². The number of rotatable bonds is 6. The lowest BCUT2D eigenvalue weighted by molar-refractivity contribution is -0.119. The van der Waals surface area contributed by atoms with Crippen LogP contribution in [0.5, 0.6) is 0 Å². The minimum Gasteiger partial charge on any atom is -0.360 e. The average molecular weight is 332 g/mol. The molecule has 0 aliphatic rings. The summed E-state index contributed by atoms with van der Waals surface area (Å²) in [6.07, 6.45) is -4.63. The SMILES string of the molecule is NCCN(CC(F)(F)F)c1ccccc1S(=O)(=O)C(F)F. The van der Waals surface area contributed by atoms with Crippen molar-refractivity contribution < 1.29 is 30.4 Å². The van der Waals surface area contributed by atoms with Crippen LogP contribution in [-0.2, 0) is 9.84 Å². The van der Waals surface area contributed by atoms with Gasteiger partial charge in [0.25, 0.3) is 0 Å². The Morgan fingerprint density at radius 3 is 2.24 bits per heavy atom. The minimum atomic E-state index is -5.01. The van der Waals surface area contributed by atoms with E-state index in [1.54, 1.807) is 0 Å². The van der Waals surface area contributed by atoms with Crippen LogP contribution in [0.15, 0.2) is 29.2 Å². The largest absolute Gasteiger partial charge is 0.405 e. The third-order valence-corrected chi connectivity index (χ3v) is 3.94. The molecule has 0 radical (unpaired) electrons. The third kappa shape index (κ3) is 4.53. The van der Waals surface area contributed by atoms with Gasteiger partial charge in [-0.15, -0.1) is 0 Å². The Balaban J connectivity index is 3.33. The van der Waals surface area contributed by atoms with Gasteiger partial charge >= 0.3 is 11.9 Å². The van der Waals surface area contributed by atoms with Gasteiger partial charge < -0.3 is 10.6 Å². The molecule has 0 unspecified atom stereocenters. The molecule has 2 N–H and O–H groups in total. The molecular formula is C11H13F5N2O2S. The molecule has 0 heterocycles. The fourth-order valence-electron chi connectivity index (χ4n) is 1.71. The molecule has 0 atom stereocenters. The first-order valence-corrected chi connectivity index (χ1v) is 7.27. The quantitative estimate of drug-likeness (QED) is 0.810. The van der Waals surface area contributed by atoms with Gasteiger partial charge in [0.15, 0.2) is 0 Å². The molecule has 1 aromatic rings. The Hall–Kier alpha value is -1.42. The second-order valence-electron chi connectivity index (χ2n) is 4.10. The lowest BCUT2D eigenvalue weighted by atomic mass is 10.2. The fraction of sp³-hybridized carbons (Fsp3) is 0.455. The molecule has 0 spiro atoms. The Bertz CT molecular complexity index is 574. The average Bonchev–Trinajstić information content (AvgIpc) is 2.36. The number of nitrogens with zero attached hydrogens (tertiary/aromatic N) is 1. The van der Waals surface area contributed by atoms with Gasteiger partial charge in [-0.05, 0) is 12.1 Å². The number of sulfone groups is 1. The summed E-state index contributed by atoms with van der Waals surface area (Å²) in [6, 6.07) is 4.31. The first-order chi connectivity index (χ1) is 9.59. The maximum Gasteiger partial charge on any atom is 0.405 e. The zero-order chi connectivity index (χ0) is 16.3. The van der Waals surface area contributed by atoms with Crippen molar-refractivity contribution in [3.8, 4) is 0 Å². The molecule has 0 aliphatic heterocycles. The van der Waals surface area contributed by atoms with Crippen molar-refractivity contribution in [1.29, 1.82) is 0 Å². The van der Waals surface area contributed by atoms with Crippen LogP contribution in [-0.4, -0.2) is 40.0 Å². The normalized spacial score (nSPS) is 12.7. The molecule has 120 valence electrons. The Kier molecular flexibility index (Phi) is 5.51. The van der Waals surface area contributed by atoms with E-state index in [1.165, 1.54) is 6.07 Å². The Morgan fingerprint density at radius 1 is 1.19 bits per heavy atom. The van der Waals surface area contributed by atoms with E-state index >= 15 is 0 Å². The van der Waals surface area contributed by atoms with Crippen molar-refractivity contribution >= 4 is 15.5 Å². The number of para-hydroxylation sites is 1. The number of hydrogen-bond donors (Lipinski definition) is 1. The van der Waals surface area contributed by atoms with Crippen LogP contribution in [0.3, 0.4) is 0 Å². The lowest BCUT2D eigenvalue weighted by Crippen LogP contribution is -2.38. The summed E-state index contributed by atoms with van der Waals surface area (Å²) in [5.74, 6) is -3.72. The second-order valence-corrected chi connectivity index (χ2v) is 5.98. The molecule has 1 rings (SSSR count). The van der Waals surface area contributed by atoms with Crippen molar-refractivity contribution in [3.63, 3.8) is 0 Å². The molecule has 21 heavy (non-hydrogen) atoms. The number of alkyl halides is 5. The molecule has 10 heteroatoms.